The second-order valence-electron chi connectivity index (χ2n) is 1.87. The highest BCUT2D eigenvalue weighted by Gasteiger charge is 2.01. The van der Waals surface area contributed by atoms with Crippen molar-refractivity contribution in [1.82, 2.24) is 4.98 Å². The van der Waals surface area contributed by atoms with Gasteiger partial charge >= 0.3 is 0 Å². The van der Waals surface area contributed by atoms with Crippen molar-refractivity contribution in [3.63, 3.8) is 0 Å². The van der Waals surface area contributed by atoms with Crippen LogP contribution < -0.4 is 0 Å². The van der Waals surface area contributed by atoms with E-state index in [1.807, 2.05) is 0 Å². The van der Waals surface area contributed by atoms with E-state index in [1.165, 1.54) is 7.11 Å². The third-order valence-electron chi connectivity index (χ3n) is 1.21. The summed E-state index contributed by atoms with van der Waals surface area (Å²) in [5.41, 5.74) is 0.720. The van der Waals surface area contributed by atoms with E-state index in [-0.39, 0.29) is 0 Å². The highest BCUT2D eigenvalue weighted by Crippen LogP contribution is 2.09. The van der Waals surface area contributed by atoms with Crippen molar-refractivity contribution in [2.24, 2.45) is 0 Å². The zero-order chi connectivity index (χ0) is 7.40. The zero-order valence-electron chi connectivity index (χ0n) is 5.69. The van der Waals surface area contributed by atoms with Crippen LogP contribution in [0.25, 0.3) is 0 Å². The quantitative estimate of drug-likeness (QED) is 0.614. The molecular formula is C7H9NO2. The smallest absolute Gasteiger partial charge is 0.180 e. The summed E-state index contributed by atoms with van der Waals surface area (Å²) in [7, 11) is 1.45. The molecule has 0 saturated heterocycles. The minimum atomic E-state index is -0.831. The number of pyridine rings is 1. The lowest BCUT2D eigenvalue weighted by atomic mass is 10.3. The molecule has 1 rings (SSSR count). The first-order valence-corrected chi connectivity index (χ1v) is 2.95. The van der Waals surface area contributed by atoms with E-state index >= 15 is 0 Å². The maximum absolute atomic E-state index is 9.08. The Bertz CT molecular complexity index is 188. The van der Waals surface area contributed by atoms with Crippen molar-refractivity contribution in [2.75, 3.05) is 7.11 Å². The van der Waals surface area contributed by atoms with E-state index < -0.39 is 6.29 Å². The molecular weight excluding hydrogens is 130 g/mol. The molecule has 0 fully saturated rings. The molecule has 1 N–H and O–H groups in total. The molecule has 0 saturated carbocycles. The molecule has 1 heterocycles. The number of aliphatic hydroxyl groups excluding tert-OH is 1. The van der Waals surface area contributed by atoms with E-state index in [1.54, 1.807) is 24.5 Å². The maximum atomic E-state index is 9.08. The number of ether oxygens (including phenoxy) is 1. The SMILES string of the molecule is COC(O)c1ccncc1. The molecule has 1 aromatic rings. The van der Waals surface area contributed by atoms with Gasteiger partial charge in [-0.3, -0.25) is 4.98 Å². The van der Waals surface area contributed by atoms with Gasteiger partial charge in [-0.1, -0.05) is 0 Å². The van der Waals surface area contributed by atoms with Crippen LogP contribution in [-0.4, -0.2) is 17.2 Å². The Morgan fingerprint density at radius 2 is 2.10 bits per heavy atom. The fourth-order valence-electron chi connectivity index (χ4n) is 0.664. The van der Waals surface area contributed by atoms with Crippen molar-refractivity contribution in [1.29, 1.82) is 0 Å². The summed E-state index contributed by atoms with van der Waals surface area (Å²) in [5, 5.41) is 9.08. The molecule has 1 aromatic heterocycles. The fraction of sp³-hybridized carbons (Fsp3) is 0.286. The number of methoxy groups -OCH3 is 1. The average molecular weight is 139 g/mol. The van der Waals surface area contributed by atoms with Crippen LogP contribution in [0.5, 0.6) is 0 Å². The Morgan fingerprint density at radius 1 is 1.50 bits per heavy atom. The molecule has 1 atom stereocenters. The van der Waals surface area contributed by atoms with Gasteiger partial charge in [0.25, 0.3) is 0 Å². The first-order valence-electron chi connectivity index (χ1n) is 2.95. The molecule has 0 radical (unpaired) electrons. The number of aliphatic hydroxyl groups is 1. The van der Waals surface area contributed by atoms with Crippen LogP contribution in [0, 0.1) is 0 Å². The molecule has 0 aromatic carbocycles. The van der Waals surface area contributed by atoms with Gasteiger partial charge in [-0.2, -0.15) is 0 Å². The van der Waals surface area contributed by atoms with Gasteiger partial charge < -0.3 is 9.84 Å². The van der Waals surface area contributed by atoms with Crippen LogP contribution in [0.4, 0.5) is 0 Å². The lowest BCUT2D eigenvalue weighted by molar-refractivity contribution is -0.0769. The van der Waals surface area contributed by atoms with E-state index in [0.29, 0.717) is 0 Å². The number of aromatic nitrogens is 1. The Kier molecular flexibility index (Phi) is 2.36. The fourth-order valence-corrected chi connectivity index (χ4v) is 0.664. The number of nitrogens with zero attached hydrogens (tertiary/aromatic N) is 1. The van der Waals surface area contributed by atoms with Gasteiger partial charge in [-0.25, -0.2) is 0 Å². The van der Waals surface area contributed by atoms with Crippen molar-refractivity contribution < 1.29 is 9.84 Å². The summed E-state index contributed by atoms with van der Waals surface area (Å²) in [5.74, 6) is 0. The molecule has 54 valence electrons. The molecule has 0 bridgehead atoms. The largest absolute Gasteiger partial charge is 0.364 e. The number of hydrogen-bond acceptors (Lipinski definition) is 3. The minimum absolute atomic E-state index is 0.720. The molecule has 1 unspecified atom stereocenters. The Balaban J connectivity index is 2.75. The van der Waals surface area contributed by atoms with Crippen LogP contribution in [-0.2, 0) is 4.74 Å². The van der Waals surface area contributed by atoms with Crippen molar-refractivity contribution in [2.45, 2.75) is 6.29 Å². The van der Waals surface area contributed by atoms with Crippen molar-refractivity contribution in [3.8, 4) is 0 Å². The molecule has 0 aliphatic rings. The lowest BCUT2D eigenvalue weighted by Crippen LogP contribution is -1.98. The average Bonchev–Trinajstić information content (AvgIpc) is 2.05. The first-order chi connectivity index (χ1) is 4.84. The molecule has 0 aliphatic heterocycles. The Morgan fingerprint density at radius 3 is 2.60 bits per heavy atom. The van der Waals surface area contributed by atoms with Crippen LogP contribution in [0.15, 0.2) is 24.5 Å². The van der Waals surface area contributed by atoms with Gasteiger partial charge in [0.15, 0.2) is 6.29 Å². The van der Waals surface area contributed by atoms with Crippen molar-refractivity contribution >= 4 is 0 Å². The Hall–Kier alpha value is -0.930. The normalized spacial score (nSPS) is 13.0. The van der Waals surface area contributed by atoms with Crippen LogP contribution in [0.2, 0.25) is 0 Å². The van der Waals surface area contributed by atoms with Gasteiger partial charge in [0, 0.05) is 25.1 Å². The molecule has 3 heteroatoms. The summed E-state index contributed by atoms with van der Waals surface area (Å²) in [4.78, 5) is 3.80. The number of rotatable bonds is 2. The Labute approximate surface area is 59.3 Å². The van der Waals surface area contributed by atoms with E-state index in [0.717, 1.165) is 5.56 Å². The second kappa shape index (κ2) is 3.29. The van der Waals surface area contributed by atoms with Crippen molar-refractivity contribution in [3.05, 3.63) is 30.1 Å². The number of hydrogen-bond donors (Lipinski definition) is 1. The van der Waals surface area contributed by atoms with Crippen LogP contribution in [0.1, 0.15) is 11.9 Å². The van der Waals surface area contributed by atoms with E-state index in [4.69, 9.17) is 5.11 Å². The summed E-state index contributed by atoms with van der Waals surface area (Å²) in [6.07, 6.45) is 2.39. The third-order valence-corrected chi connectivity index (χ3v) is 1.21. The predicted octanol–water partition coefficient (Wildman–Crippen LogP) is 0.719. The summed E-state index contributed by atoms with van der Waals surface area (Å²) < 4.78 is 4.66. The molecule has 0 amide bonds. The van der Waals surface area contributed by atoms with Crippen LogP contribution in [0.3, 0.4) is 0 Å². The van der Waals surface area contributed by atoms with Gasteiger partial charge in [-0.05, 0) is 12.1 Å². The van der Waals surface area contributed by atoms with Gasteiger partial charge in [0.05, 0.1) is 0 Å². The highest BCUT2D eigenvalue weighted by atomic mass is 16.6. The van der Waals surface area contributed by atoms with Gasteiger partial charge in [0.1, 0.15) is 0 Å². The highest BCUT2D eigenvalue weighted by molar-refractivity contribution is 5.10. The predicted molar refractivity (Wildman–Crippen MR) is 36.2 cm³/mol. The van der Waals surface area contributed by atoms with E-state index in [9.17, 15) is 0 Å². The standard InChI is InChI=1S/C7H9NO2/c1-10-7(9)6-2-4-8-5-3-6/h2-5,7,9H,1H3. The van der Waals surface area contributed by atoms with Crippen LogP contribution >= 0.6 is 0 Å². The summed E-state index contributed by atoms with van der Waals surface area (Å²) in [6, 6.07) is 3.41. The van der Waals surface area contributed by atoms with Gasteiger partial charge in [0.2, 0.25) is 0 Å². The summed E-state index contributed by atoms with van der Waals surface area (Å²) >= 11 is 0. The third kappa shape index (κ3) is 1.52. The molecule has 3 nitrogen and oxygen atoms in total. The maximum Gasteiger partial charge on any atom is 0.180 e. The topological polar surface area (TPSA) is 42.4 Å². The first kappa shape index (κ1) is 7.18. The van der Waals surface area contributed by atoms with E-state index in [2.05, 4.69) is 9.72 Å². The van der Waals surface area contributed by atoms with Gasteiger partial charge in [-0.15, -0.1) is 0 Å². The second-order valence-corrected chi connectivity index (χ2v) is 1.87. The summed E-state index contributed by atoms with van der Waals surface area (Å²) in [6.45, 7) is 0. The molecule has 0 spiro atoms. The molecule has 0 aliphatic carbocycles. The zero-order valence-corrected chi connectivity index (χ0v) is 5.69. The minimum Gasteiger partial charge on any atom is -0.364 e. The lowest BCUT2D eigenvalue weighted by Gasteiger charge is -2.06. The monoisotopic (exact) mass is 139 g/mol. The molecule has 10 heavy (non-hydrogen) atoms.